The van der Waals surface area contributed by atoms with Crippen LogP contribution in [0.25, 0.3) is 11.1 Å². The summed E-state index contributed by atoms with van der Waals surface area (Å²) in [6.45, 7) is 0.666. The van der Waals surface area contributed by atoms with Crippen LogP contribution in [0.15, 0.2) is 59.5 Å². The second kappa shape index (κ2) is 7.09. The van der Waals surface area contributed by atoms with Crippen LogP contribution in [0.5, 0.6) is 0 Å². The minimum Gasteiger partial charge on any atom is -0.356 e. The summed E-state index contributed by atoms with van der Waals surface area (Å²) in [6.07, 6.45) is 2.08. The van der Waals surface area contributed by atoms with Gasteiger partial charge < -0.3 is 5.32 Å². The number of nitrogens with zero attached hydrogens (tertiary/aromatic N) is 1. The maximum atomic E-state index is 13.1. The molecule has 2 fully saturated rings. The lowest BCUT2D eigenvalue weighted by molar-refractivity contribution is -0.124. The first-order chi connectivity index (χ1) is 12.9. The van der Waals surface area contributed by atoms with Gasteiger partial charge in [-0.1, -0.05) is 42.5 Å². The summed E-state index contributed by atoms with van der Waals surface area (Å²) in [5.74, 6) is 0.756. The first kappa shape index (κ1) is 18.2. The van der Waals surface area contributed by atoms with Crippen molar-refractivity contribution in [2.24, 2.45) is 11.8 Å². The van der Waals surface area contributed by atoms with E-state index in [2.05, 4.69) is 5.32 Å². The van der Waals surface area contributed by atoms with Crippen LogP contribution in [-0.2, 0) is 14.8 Å². The molecule has 1 aliphatic heterocycles. The van der Waals surface area contributed by atoms with Crippen LogP contribution in [0.1, 0.15) is 19.3 Å². The average Bonchev–Trinajstić information content (AvgIpc) is 3.11. The monoisotopic (exact) mass is 384 g/mol. The fraction of sp³-hybridized carbons (Fsp3) is 0.381. The Morgan fingerprint density at radius 1 is 0.926 bits per heavy atom. The third kappa shape index (κ3) is 3.51. The lowest BCUT2D eigenvalue weighted by atomic mass is 9.89. The summed E-state index contributed by atoms with van der Waals surface area (Å²) in [4.78, 5) is 11.9. The summed E-state index contributed by atoms with van der Waals surface area (Å²) in [6, 6.07) is 16.9. The first-order valence-electron chi connectivity index (χ1n) is 9.35. The fourth-order valence-corrected chi connectivity index (χ4v) is 5.72. The first-order valence-corrected chi connectivity index (χ1v) is 10.8. The van der Waals surface area contributed by atoms with E-state index in [9.17, 15) is 13.2 Å². The van der Waals surface area contributed by atoms with Gasteiger partial charge in [-0.25, -0.2) is 8.42 Å². The quantitative estimate of drug-likeness (QED) is 0.881. The van der Waals surface area contributed by atoms with Gasteiger partial charge in [0.2, 0.25) is 15.9 Å². The van der Waals surface area contributed by atoms with Crippen LogP contribution in [0.4, 0.5) is 0 Å². The van der Waals surface area contributed by atoms with Crippen molar-refractivity contribution < 1.29 is 13.2 Å². The average molecular weight is 385 g/mol. The van der Waals surface area contributed by atoms with Crippen molar-refractivity contribution in [3.63, 3.8) is 0 Å². The third-order valence-corrected chi connectivity index (χ3v) is 7.90. The SMILES string of the molecule is CN([C@H]1C[C@H]2CC(=O)NC[C@H]2C1)S(=O)(=O)c1ccc(-c2ccccc2)cc1. The van der Waals surface area contributed by atoms with E-state index < -0.39 is 10.0 Å². The molecule has 3 atom stereocenters. The molecule has 0 radical (unpaired) electrons. The highest BCUT2D eigenvalue weighted by Gasteiger charge is 2.42. The maximum absolute atomic E-state index is 13.1. The predicted molar refractivity (Wildman–Crippen MR) is 104 cm³/mol. The molecule has 142 valence electrons. The van der Waals surface area contributed by atoms with Crippen LogP contribution >= 0.6 is 0 Å². The summed E-state index contributed by atoms with van der Waals surface area (Å²) in [7, 11) is -1.89. The molecule has 0 aromatic heterocycles. The van der Waals surface area contributed by atoms with E-state index in [1.807, 2.05) is 42.5 Å². The molecule has 2 aromatic rings. The van der Waals surface area contributed by atoms with E-state index in [1.165, 1.54) is 4.31 Å². The van der Waals surface area contributed by atoms with Crippen molar-refractivity contribution in [1.29, 1.82) is 0 Å². The Balaban J connectivity index is 1.52. The van der Waals surface area contributed by atoms with Crippen molar-refractivity contribution in [1.82, 2.24) is 9.62 Å². The van der Waals surface area contributed by atoms with Gasteiger partial charge in [0.15, 0.2) is 0 Å². The molecular weight excluding hydrogens is 360 g/mol. The van der Waals surface area contributed by atoms with E-state index in [0.29, 0.717) is 29.7 Å². The summed E-state index contributed by atoms with van der Waals surface area (Å²) in [5.41, 5.74) is 2.06. The van der Waals surface area contributed by atoms with Crippen molar-refractivity contribution in [2.75, 3.05) is 13.6 Å². The highest BCUT2D eigenvalue weighted by molar-refractivity contribution is 7.89. The number of rotatable bonds is 4. The topological polar surface area (TPSA) is 66.5 Å². The molecule has 0 unspecified atom stereocenters. The molecule has 0 spiro atoms. The Morgan fingerprint density at radius 3 is 2.26 bits per heavy atom. The lowest BCUT2D eigenvalue weighted by Gasteiger charge is -2.24. The Bertz CT molecular complexity index is 926. The molecule has 1 heterocycles. The van der Waals surface area contributed by atoms with Crippen molar-refractivity contribution in [3.05, 3.63) is 54.6 Å². The van der Waals surface area contributed by atoms with Gasteiger partial charge in [0.1, 0.15) is 0 Å². The maximum Gasteiger partial charge on any atom is 0.243 e. The smallest absolute Gasteiger partial charge is 0.243 e. The van der Waals surface area contributed by atoms with Gasteiger partial charge in [0.25, 0.3) is 0 Å². The molecule has 5 nitrogen and oxygen atoms in total. The Labute approximate surface area is 160 Å². The summed E-state index contributed by atoms with van der Waals surface area (Å²) >= 11 is 0. The van der Waals surface area contributed by atoms with Crippen LogP contribution in [0, 0.1) is 11.8 Å². The van der Waals surface area contributed by atoms with E-state index in [1.54, 1.807) is 19.2 Å². The number of hydrogen-bond donors (Lipinski definition) is 1. The van der Waals surface area contributed by atoms with Crippen LogP contribution in [-0.4, -0.2) is 38.3 Å². The van der Waals surface area contributed by atoms with Gasteiger partial charge >= 0.3 is 0 Å². The van der Waals surface area contributed by atoms with E-state index in [-0.39, 0.29) is 11.9 Å². The Kier molecular flexibility index (Phi) is 4.78. The zero-order valence-electron chi connectivity index (χ0n) is 15.3. The number of hydrogen-bond acceptors (Lipinski definition) is 3. The highest BCUT2D eigenvalue weighted by Crippen LogP contribution is 2.39. The molecule has 0 bridgehead atoms. The van der Waals surface area contributed by atoms with E-state index in [4.69, 9.17) is 0 Å². The fourth-order valence-electron chi connectivity index (χ4n) is 4.34. The molecule has 4 rings (SSSR count). The second-order valence-electron chi connectivity index (χ2n) is 7.57. The zero-order valence-corrected chi connectivity index (χ0v) is 16.2. The molecule has 6 heteroatoms. The molecule has 1 saturated heterocycles. The number of carbonyl (C=O) groups excluding carboxylic acids is 1. The molecule has 2 aliphatic rings. The molecule has 27 heavy (non-hydrogen) atoms. The van der Waals surface area contributed by atoms with Crippen molar-refractivity contribution in [2.45, 2.75) is 30.2 Å². The summed E-state index contributed by atoms with van der Waals surface area (Å²) in [5, 5.41) is 2.90. The van der Waals surface area contributed by atoms with Crippen LogP contribution in [0.3, 0.4) is 0 Å². The molecule has 1 amide bonds. The lowest BCUT2D eigenvalue weighted by Crippen LogP contribution is -2.38. The number of sulfonamides is 1. The van der Waals surface area contributed by atoms with Gasteiger partial charge in [0.05, 0.1) is 4.90 Å². The molecule has 1 saturated carbocycles. The van der Waals surface area contributed by atoms with Gasteiger partial charge in [-0.2, -0.15) is 4.31 Å². The molecule has 1 N–H and O–H groups in total. The Hall–Kier alpha value is -2.18. The van der Waals surface area contributed by atoms with Crippen LogP contribution in [0.2, 0.25) is 0 Å². The molecule has 1 aliphatic carbocycles. The van der Waals surface area contributed by atoms with E-state index >= 15 is 0 Å². The normalized spacial score (nSPS) is 25.3. The van der Waals surface area contributed by atoms with Gasteiger partial charge in [-0.3, -0.25) is 4.79 Å². The summed E-state index contributed by atoms with van der Waals surface area (Å²) < 4.78 is 27.7. The number of carbonyl (C=O) groups is 1. The minimum atomic E-state index is -3.55. The van der Waals surface area contributed by atoms with Crippen molar-refractivity contribution in [3.8, 4) is 11.1 Å². The number of nitrogens with one attached hydrogen (secondary N) is 1. The Morgan fingerprint density at radius 2 is 1.56 bits per heavy atom. The van der Waals surface area contributed by atoms with Crippen molar-refractivity contribution >= 4 is 15.9 Å². The van der Waals surface area contributed by atoms with Gasteiger partial charge in [-0.05, 0) is 47.9 Å². The van der Waals surface area contributed by atoms with E-state index in [0.717, 1.165) is 24.0 Å². The zero-order chi connectivity index (χ0) is 19.0. The second-order valence-corrected chi connectivity index (χ2v) is 9.56. The minimum absolute atomic E-state index is 0.0495. The van der Waals surface area contributed by atoms with Crippen LogP contribution < -0.4 is 5.32 Å². The van der Waals surface area contributed by atoms with Gasteiger partial charge in [-0.15, -0.1) is 0 Å². The highest BCUT2D eigenvalue weighted by atomic mass is 32.2. The number of piperidine rings is 1. The molecular formula is C21H24N2O3S. The molecule has 2 aromatic carbocycles. The van der Waals surface area contributed by atoms with Gasteiger partial charge in [0, 0.05) is 26.1 Å². The largest absolute Gasteiger partial charge is 0.356 e. The number of amides is 1. The number of fused-ring (bicyclic) bond motifs is 1. The number of benzene rings is 2. The predicted octanol–water partition coefficient (Wildman–Crippen LogP) is 2.89. The standard InChI is InChI=1S/C21H24N2O3S/c1-23(19-11-17-13-21(24)22-14-18(17)12-19)27(25,26)20-9-7-16(8-10-20)15-5-3-2-4-6-15/h2-10,17-19H,11-14H2,1H3,(H,22,24)/t17-,18+,19-/m0/s1. The third-order valence-electron chi connectivity index (χ3n) is 5.98.